The van der Waals surface area contributed by atoms with E-state index >= 15 is 0 Å². The summed E-state index contributed by atoms with van der Waals surface area (Å²) in [5.74, 6) is 1.12. The van der Waals surface area contributed by atoms with Crippen LogP contribution in [0.2, 0.25) is 0 Å². The first-order chi connectivity index (χ1) is 9.17. The number of aromatic nitrogens is 2. The lowest BCUT2D eigenvalue weighted by Gasteiger charge is -2.35. The van der Waals surface area contributed by atoms with Crippen molar-refractivity contribution >= 4 is 33.6 Å². The lowest BCUT2D eigenvalue weighted by molar-refractivity contribution is -0.124. The predicted molar refractivity (Wildman–Crippen MR) is 75.3 cm³/mol. The average Bonchev–Trinajstić information content (AvgIpc) is 2.47. The smallest absolute Gasteiger partial charge is 0.244 e. The van der Waals surface area contributed by atoms with Gasteiger partial charge in [0.1, 0.15) is 11.9 Å². The van der Waals surface area contributed by atoms with Crippen LogP contribution in [-0.2, 0) is 9.53 Å². The third kappa shape index (κ3) is 2.95. The highest BCUT2D eigenvalue weighted by molar-refractivity contribution is 9.10. The minimum Gasteiger partial charge on any atom is -0.377 e. The van der Waals surface area contributed by atoms with Crippen LogP contribution >= 0.6 is 15.9 Å². The van der Waals surface area contributed by atoms with Crippen molar-refractivity contribution in [2.75, 3.05) is 44.1 Å². The Morgan fingerprint density at radius 3 is 3.05 bits per heavy atom. The third-order valence-electron chi connectivity index (χ3n) is 2.90. The van der Waals surface area contributed by atoms with Crippen molar-refractivity contribution in [2.24, 2.45) is 0 Å². The SMILES string of the molecule is CNC(=O)C1COCCN1c1nc(NC)ncc1Br. The van der Waals surface area contributed by atoms with E-state index in [9.17, 15) is 4.79 Å². The van der Waals surface area contributed by atoms with E-state index < -0.39 is 0 Å². The molecule has 1 aliphatic rings. The van der Waals surface area contributed by atoms with Crippen LogP contribution in [0, 0.1) is 0 Å². The number of hydrogen-bond acceptors (Lipinski definition) is 6. The molecule has 19 heavy (non-hydrogen) atoms. The zero-order valence-electron chi connectivity index (χ0n) is 10.8. The highest BCUT2D eigenvalue weighted by Gasteiger charge is 2.31. The highest BCUT2D eigenvalue weighted by atomic mass is 79.9. The molecule has 0 radical (unpaired) electrons. The van der Waals surface area contributed by atoms with E-state index in [0.717, 1.165) is 4.47 Å². The van der Waals surface area contributed by atoms with E-state index in [1.54, 1.807) is 20.3 Å². The van der Waals surface area contributed by atoms with Gasteiger partial charge in [-0.2, -0.15) is 4.98 Å². The molecule has 0 aromatic carbocycles. The van der Waals surface area contributed by atoms with E-state index in [1.807, 2.05) is 4.90 Å². The monoisotopic (exact) mass is 329 g/mol. The number of hydrogen-bond donors (Lipinski definition) is 2. The Kier molecular flexibility index (Phi) is 4.54. The van der Waals surface area contributed by atoms with Crippen LogP contribution in [0.4, 0.5) is 11.8 Å². The number of ether oxygens (including phenoxy) is 1. The fourth-order valence-electron chi connectivity index (χ4n) is 1.92. The van der Waals surface area contributed by atoms with Crippen LogP contribution in [0.25, 0.3) is 0 Å². The molecule has 1 fully saturated rings. The third-order valence-corrected chi connectivity index (χ3v) is 3.46. The van der Waals surface area contributed by atoms with Gasteiger partial charge in [0.05, 0.1) is 17.7 Å². The molecule has 104 valence electrons. The number of anilines is 2. The van der Waals surface area contributed by atoms with Gasteiger partial charge in [-0.25, -0.2) is 4.98 Å². The molecule has 1 aliphatic heterocycles. The summed E-state index contributed by atoms with van der Waals surface area (Å²) in [4.78, 5) is 22.4. The zero-order valence-corrected chi connectivity index (χ0v) is 12.4. The van der Waals surface area contributed by atoms with Crippen molar-refractivity contribution in [1.82, 2.24) is 15.3 Å². The fourth-order valence-corrected chi connectivity index (χ4v) is 2.34. The van der Waals surface area contributed by atoms with E-state index in [4.69, 9.17) is 4.74 Å². The first-order valence-corrected chi connectivity index (χ1v) is 6.73. The van der Waals surface area contributed by atoms with Gasteiger partial charge >= 0.3 is 0 Å². The molecule has 2 heterocycles. The van der Waals surface area contributed by atoms with Crippen molar-refractivity contribution < 1.29 is 9.53 Å². The maximum Gasteiger partial charge on any atom is 0.244 e. The van der Waals surface area contributed by atoms with Crippen molar-refractivity contribution in [1.29, 1.82) is 0 Å². The normalized spacial score (nSPS) is 19.1. The Morgan fingerprint density at radius 2 is 2.37 bits per heavy atom. The van der Waals surface area contributed by atoms with E-state index in [1.165, 1.54) is 0 Å². The molecule has 1 aromatic heterocycles. The Labute approximate surface area is 119 Å². The Balaban J connectivity index is 2.34. The summed E-state index contributed by atoms with van der Waals surface area (Å²) in [5, 5.41) is 5.54. The van der Waals surface area contributed by atoms with E-state index in [-0.39, 0.29) is 11.9 Å². The Hall–Kier alpha value is -1.41. The summed E-state index contributed by atoms with van der Waals surface area (Å²) < 4.78 is 6.13. The largest absolute Gasteiger partial charge is 0.377 e. The van der Waals surface area contributed by atoms with Crippen molar-refractivity contribution in [3.8, 4) is 0 Å². The maximum atomic E-state index is 11.9. The summed E-state index contributed by atoms with van der Waals surface area (Å²) in [6, 6.07) is -0.380. The number of nitrogens with zero attached hydrogens (tertiary/aromatic N) is 3. The van der Waals surface area contributed by atoms with Crippen LogP contribution in [0.1, 0.15) is 0 Å². The van der Waals surface area contributed by atoms with E-state index in [2.05, 4.69) is 36.5 Å². The molecule has 7 nitrogen and oxygen atoms in total. The topological polar surface area (TPSA) is 79.4 Å². The fraction of sp³-hybridized carbons (Fsp3) is 0.545. The average molecular weight is 330 g/mol. The summed E-state index contributed by atoms with van der Waals surface area (Å²) >= 11 is 3.43. The van der Waals surface area contributed by atoms with Gasteiger partial charge in [0.15, 0.2) is 0 Å². The molecule has 1 aromatic rings. The molecule has 8 heteroatoms. The van der Waals surface area contributed by atoms with Gasteiger partial charge < -0.3 is 20.3 Å². The van der Waals surface area contributed by atoms with E-state index in [0.29, 0.717) is 31.5 Å². The van der Waals surface area contributed by atoms with Crippen molar-refractivity contribution in [3.05, 3.63) is 10.7 Å². The first kappa shape index (κ1) is 14.0. The second-order valence-electron chi connectivity index (χ2n) is 4.01. The predicted octanol–water partition coefficient (Wildman–Crippen LogP) is 0.232. The van der Waals surface area contributed by atoms with Gasteiger partial charge in [-0.3, -0.25) is 4.79 Å². The van der Waals surface area contributed by atoms with Gasteiger partial charge in [0.2, 0.25) is 11.9 Å². The summed E-state index contributed by atoms with van der Waals surface area (Å²) in [6.07, 6.45) is 1.67. The first-order valence-electron chi connectivity index (χ1n) is 5.93. The molecule has 0 aliphatic carbocycles. The lowest BCUT2D eigenvalue weighted by atomic mass is 10.2. The number of carbonyl (C=O) groups excluding carboxylic acids is 1. The van der Waals surface area contributed by atoms with Crippen LogP contribution in [0.5, 0.6) is 0 Å². The number of halogens is 1. The molecule has 2 N–H and O–H groups in total. The van der Waals surface area contributed by atoms with Crippen molar-refractivity contribution in [2.45, 2.75) is 6.04 Å². The molecule has 1 amide bonds. The molecule has 0 bridgehead atoms. The summed E-state index contributed by atoms with van der Waals surface area (Å²) in [7, 11) is 3.37. The highest BCUT2D eigenvalue weighted by Crippen LogP contribution is 2.27. The Morgan fingerprint density at radius 1 is 1.58 bits per heavy atom. The van der Waals surface area contributed by atoms with Gasteiger partial charge in [-0.1, -0.05) is 0 Å². The van der Waals surface area contributed by atoms with Crippen LogP contribution < -0.4 is 15.5 Å². The minimum atomic E-state index is -0.380. The lowest BCUT2D eigenvalue weighted by Crippen LogP contribution is -2.53. The number of nitrogens with one attached hydrogen (secondary N) is 2. The van der Waals surface area contributed by atoms with Crippen LogP contribution in [0.3, 0.4) is 0 Å². The minimum absolute atomic E-state index is 0.0868. The summed E-state index contributed by atoms with van der Waals surface area (Å²) in [6.45, 7) is 1.53. The number of likely N-dealkylation sites (N-methyl/N-ethyl adjacent to an activating group) is 1. The van der Waals surface area contributed by atoms with Crippen LogP contribution in [-0.4, -0.2) is 55.8 Å². The van der Waals surface area contributed by atoms with Gasteiger partial charge in [0.25, 0.3) is 0 Å². The second-order valence-corrected chi connectivity index (χ2v) is 4.87. The zero-order chi connectivity index (χ0) is 13.8. The molecule has 0 saturated carbocycles. The number of morpholine rings is 1. The molecule has 0 spiro atoms. The van der Waals surface area contributed by atoms with Crippen molar-refractivity contribution in [3.63, 3.8) is 0 Å². The second kappa shape index (κ2) is 6.16. The molecule has 1 saturated heterocycles. The number of rotatable bonds is 3. The standard InChI is InChI=1S/C11H16BrN5O2/c1-13-10(18)8-6-19-4-3-17(8)9-7(12)5-15-11(14-2)16-9/h5,8H,3-4,6H2,1-2H3,(H,13,18)(H,14,15,16). The molecule has 1 unspecified atom stereocenters. The molecule has 2 rings (SSSR count). The van der Waals surface area contributed by atoms with Gasteiger partial charge in [-0.15, -0.1) is 0 Å². The Bertz CT molecular complexity index is 470. The van der Waals surface area contributed by atoms with Crippen LogP contribution in [0.15, 0.2) is 10.7 Å². The number of carbonyl (C=O) groups is 1. The quantitative estimate of drug-likeness (QED) is 0.826. The number of amides is 1. The van der Waals surface area contributed by atoms with Gasteiger partial charge in [-0.05, 0) is 15.9 Å². The molecular formula is C11H16BrN5O2. The molecule has 1 atom stereocenters. The molecular weight excluding hydrogens is 314 g/mol. The maximum absolute atomic E-state index is 11.9. The van der Waals surface area contributed by atoms with Gasteiger partial charge in [0, 0.05) is 26.8 Å². The summed E-state index contributed by atoms with van der Waals surface area (Å²) in [5.41, 5.74) is 0.